The Kier molecular flexibility index (Phi) is 5.17. The Morgan fingerprint density at radius 1 is 1.25 bits per heavy atom. The Morgan fingerprint density at radius 2 is 1.81 bits per heavy atom. The summed E-state index contributed by atoms with van der Waals surface area (Å²) in [5, 5.41) is 0. The molecule has 1 saturated heterocycles. The molecule has 1 rings (SSSR count). The molecule has 0 amide bonds. The highest BCUT2D eigenvalue weighted by atomic mass is 32.2. The van der Waals surface area contributed by atoms with Gasteiger partial charge in [0.05, 0.1) is 12.4 Å². The SMILES string of the molecule is CCS(=O)(=O)N1CCN([C@@H](C)COC)CC1. The van der Waals surface area contributed by atoms with Crippen molar-refractivity contribution in [3.8, 4) is 0 Å². The predicted octanol–water partition coefficient (Wildman–Crippen LogP) is -0.0114. The molecule has 0 aromatic rings. The molecular weight excluding hydrogens is 228 g/mol. The van der Waals surface area contributed by atoms with Gasteiger partial charge in [-0.25, -0.2) is 8.42 Å². The standard InChI is InChI=1S/C10H22N2O3S/c1-4-16(13,14)12-7-5-11(6-8-12)10(2)9-15-3/h10H,4-9H2,1-3H3/t10-/m0/s1. The van der Waals surface area contributed by atoms with Crippen LogP contribution in [0.3, 0.4) is 0 Å². The van der Waals surface area contributed by atoms with Crippen LogP contribution in [0.5, 0.6) is 0 Å². The van der Waals surface area contributed by atoms with E-state index in [0.29, 0.717) is 25.7 Å². The van der Waals surface area contributed by atoms with Gasteiger partial charge in [0.1, 0.15) is 0 Å². The first-order chi connectivity index (χ1) is 7.51. The van der Waals surface area contributed by atoms with Crippen molar-refractivity contribution in [2.45, 2.75) is 19.9 Å². The molecule has 0 aliphatic carbocycles. The molecule has 6 heteroatoms. The van der Waals surface area contributed by atoms with Gasteiger partial charge >= 0.3 is 0 Å². The highest BCUT2D eigenvalue weighted by Crippen LogP contribution is 2.10. The highest BCUT2D eigenvalue weighted by molar-refractivity contribution is 7.89. The van der Waals surface area contributed by atoms with Gasteiger partial charge in [0, 0.05) is 39.3 Å². The molecule has 0 unspecified atom stereocenters. The van der Waals surface area contributed by atoms with E-state index in [0.717, 1.165) is 13.1 Å². The maximum atomic E-state index is 11.6. The summed E-state index contributed by atoms with van der Waals surface area (Å²) in [6, 6.07) is 0.358. The molecular formula is C10H22N2O3S. The third-order valence-electron chi connectivity index (χ3n) is 3.06. The highest BCUT2D eigenvalue weighted by Gasteiger charge is 2.27. The van der Waals surface area contributed by atoms with Crippen LogP contribution in [0.4, 0.5) is 0 Å². The average molecular weight is 250 g/mol. The average Bonchev–Trinajstić information content (AvgIpc) is 2.29. The van der Waals surface area contributed by atoms with Gasteiger partial charge in [-0.05, 0) is 13.8 Å². The largest absolute Gasteiger partial charge is 0.383 e. The van der Waals surface area contributed by atoms with Crippen molar-refractivity contribution in [1.29, 1.82) is 0 Å². The van der Waals surface area contributed by atoms with Crippen LogP contribution in [0.1, 0.15) is 13.8 Å². The van der Waals surface area contributed by atoms with E-state index in [9.17, 15) is 8.42 Å². The number of ether oxygens (including phenoxy) is 1. The molecule has 1 fully saturated rings. The van der Waals surface area contributed by atoms with E-state index in [1.165, 1.54) is 0 Å². The van der Waals surface area contributed by atoms with Gasteiger partial charge in [0.25, 0.3) is 0 Å². The number of sulfonamides is 1. The Morgan fingerprint density at radius 3 is 2.25 bits per heavy atom. The maximum Gasteiger partial charge on any atom is 0.213 e. The van der Waals surface area contributed by atoms with Crippen LogP contribution in [0, 0.1) is 0 Å². The zero-order valence-corrected chi connectivity index (χ0v) is 11.2. The van der Waals surface area contributed by atoms with E-state index in [1.54, 1.807) is 18.3 Å². The lowest BCUT2D eigenvalue weighted by atomic mass is 10.2. The predicted molar refractivity (Wildman–Crippen MR) is 63.9 cm³/mol. The van der Waals surface area contributed by atoms with E-state index in [1.807, 2.05) is 0 Å². The normalized spacial score (nSPS) is 22.2. The molecule has 0 radical (unpaired) electrons. The number of piperazine rings is 1. The van der Waals surface area contributed by atoms with E-state index >= 15 is 0 Å². The lowest BCUT2D eigenvalue weighted by molar-refractivity contribution is 0.0767. The molecule has 0 aromatic heterocycles. The second-order valence-electron chi connectivity index (χ2n) is 4.14. The number of nitrogens with zero attached hydrogens (tertiary/aromatic N) is 2. The van der Waals surface area contributed by atoms with Gasteiger partial charge in [-0.15, -0.1) is 0 Å². The van der Waals surface area contributed by atoms with Crippen LogP contribution in [0.15, 0.2) is 0 Å². The van der Waals surface area contributed by atoms with Crippen molar-refractivity contribution in [2.75, 3.05) is 45.6 Å². The van der Waals surface area contributed by atoms with Gasteiger partial charge in [-0.3, -0.25) is 4.90 Å². The third kappa shape index (κ3) is 3.41. The van der Waals surface area contributed by atoms with Crippen molar-refractivity contribution in [3.63, 3.8) is 0 Å². The van der Waals surface area contributed by atoms with E-state index in [4.69, 9.17) is 4.74 Å². The number of hydrogen-bond donors (Lipinski definition) is 0. The summed E-state index contributed by atoms with van der Waals surface area (Å²) in [6.07, 6.45) is 0. The molecule has 0 N–H and O–H groups in total. The minimum Gasteiger partial charge on any atom is -0.383 e. The molecule has 1 heterocycles. The summed E-state index contributed by atoms with van der Waals surface area (Å²) < 4.78 is 30.0. The van der Waals surface area contributed by atoms with Gasteiger partial charge in [0.15, 0.2) is 0 Å². The molecule has 0 bridgehead atoms. The summed E-state index contributed by atoms with van der Waals surface area (Å²) in [6.45, 7) is 7.28. The van der Waals surface area contributed by atoms with Crippen LogP contribution in [0.25, 0.3) is 0 Å². The Bertz CT molecular complexity index is 297. The van der Waals surface area contributed by atoms with E-state index < -0.39 is 10.0 Å². The molecule has 5 nitrogen and oxygen atoms in total. The van der Waals surface area contributed by atoms with Gasteiger partial charge < -0.3 is 4.74 Å². The molecule has 1 atom stereocenters. The minimum atomic E-state index is -3.01. The van der Waals surface area contributed by atoms with Crippen LogP contribution in [-0.2, 0) is 14.8 Å². The summed E-state index contributed by atoms with van der Waals surface area (Å²) in [5.74, 6) is 0.195. The van der Waals surface area contributed by atoms with E-state index in [-0.39, 0.29) is 5.75 Å². The first kappa shape index (κ1) is 13.9. The zero-order valence-electron chi connectivity index (χ0n) is 10.3. The van der Waals surface area contributed by atoms with Gasteiger partial charge in [-0.2, -0.15) is 4.31 Å². The smallest absolute Gasteiger partial charge is 0.213 e. The number of methoxy groups -OCH3 is 1. The quantitative estimate of drug-likeness (QED) is 0.688. The van der Waals surface area contributed by atoms with Crippen LogP contribution in [0.2, 0.25) is 0 Å². The first-order valence-corrected chi connectivity index (χ1v) is 7.33. The summed E-state index contributed by atoms with van der Waals surface area (Å²) in [5.41, 5.74) is 0. The van der Waals surface area contributed by atoms with Crippen molar-refractivity contribution in [1.82, 2.24) is 9.21 Å². The number of hydrogen-bond acceptors (Lipinski definition) is 4. The van der Waals surface area contributed by atoms with Gasteiger partial charge in [-0.1, -0.05) is 0 Å². The van der Waals surface area contributed by atoms with Crippen molar-refractivity contribution >= 4 is 10.0 Å². The van der Waals surface area contributed by atoms with Crippen LogP contribution < -0.4 is 0 Å². The van der Waals surface area contributed by atoms with Crippen molar-refractivity contribution in [2.24, 2.45) is 0 Å². The molecule has 96 valence electrons. The summed E-state index contributed by atoms with van der Waals surface area (Å²) in [7, 11) is -1.32. The fraction of sp³-hybridized carbons (Fsp3) is 1.00. The van der Waals surface area contributed by atoms with Gasteiger partial charge in [0.2, 0.25) is 10.0 Å². The fourth-order valence-electron chi connectivity index (χ4n) is 1.95. The van der Waals surface area contributed by atoms with Crippen molar-refractivity contribution < 1.29 is 13.2 Å². The molecule has 1 aliphatic rings. The molecule has 0 aromatic carbocycles. The monoisotopic (exact) mass is 250 g/mol. The second-order valence-corrected chi connectivity index (χ2v) is 6.40. The van der Waals surface area contributed by atoms with Crippen LogP contribution >= 0.6 is 0 Å². The Labute approximate surface area is 98.4 Å². The summed E-state index contributed by atoms with van der Waals surface area (Å²) in [4.78, 5) is 2.27. The molecule has 0 saturated carbocycles. The second kappa shape index (κ2) is 5.95. The number of rotatable bonds is 5. The fourth-order valence-corrected chi connectivity index (χ4v) is 3.04. The molecule has 0 spiro atoms. The lowest BCUT2D eigenvalue weighted by Crippen LogP contribution is -2.52. The zero-order chi connectivity index (χ0) is 12.2. The third-order valence-corrected chi connectivity index (χ3v) is 4.94. The topological polar surface area (TPSA) is 49.9 Å². The minimum absolute atomic E-state index is 0.195. The lowest BCUT2D eigenvalue weighted by Gasteiger charge is -2.37. The van der Waals surface area contributed by atoms with Crippen molar-refractivity contribution in [3.05, 3.63) is 0 Å². The van der Waals surface area contributed by atoms with E-state index in [2.05, 4.69) is 11.8 Å². The summed E-state index contributed by atoms with van der Waals surface area (Å²) >= 11 is 0. The first-order valence-electron chi connectivity index (χ1n) is 5.72. The Balaban J connectivity index is 2.45. The Hall–Kier alpha value is -0.170. The molecule has 1 aliphatic heterocycles. The van der Waals surface area contributed by atoms with Crippen LogP contribution in [-0.4, -0.2) is 69.3 Å². The maximum absolute atomic E-state index is 11.6. The molecule has 16 heavy (non-hydrogen) atoms.